The summed E-state index contributed by atoms with van der Waals surface area (Å²) in [6.45, 7) is 4.05. The van der Waals surface area contributed by atoms with Gasteiger partial charge in [0, 0.05) is 10.9 Å². The van der Waals surface area contributed by atoms with E-state index in [9.17, 15) is 4.79 Å². The zero-order valence-corrected chi connectivity index (χ0v) is 11.0. The van der Waals surface area contributed by atoms with E-state index in [1.54, 1.807) is 6.92 Å². The summed E-state index contributed by atoms with van der Waals surface area (Å²) in [4.78, 5) is 15.8. The van der Waals surface area contributed by atoms with Gasteiger partial charge in [0.1, 0.15) is 0 Å². The largest absolute Gasteiger partial charge is 0.476 e. The number of aromatic carboxylic acids is 1. The molecule has 1 aliphatic rings. The van der Waals surface area contributed by atoms with Crippen molar-refractivity contribution in [1.29, 1.82) is 0 Å². The zero-order valence-electron chi connectivity index (χ0n) is 10.2. The van der Waals surface area contributed by atoms with E-state index in [0.29, 0.717) is 12.0 Å². The standard InChI is InChI=1S/C12H18N2O2S/c1-7-5-3-4-6-9(7)13-12-14-10(11(15)16)8(2)17-12/h7,9H,3-6H2,1-2H3,(H,13,14)(H,15,16). The molecule has 5 heteroatoms. The number of nitrogens with zero attached hydrogens (tertiary/aromatic N) is 1. The average Bonchev–Trinajstić information content (AvgIpc) is 2.63. The Morgan fingerprint density at radius 3 is 2.76 bits per heavy atom. The van der Waals surface area contributed by atoms with Gasteiger partial charge in [-0.15, -0.1) is 11.3 Å². The molecule has 1 saturated carbocycles. The molecule has 1 aromatic rings. The Morgan fingerprint density at radius 1 is 1.47 bits per heavy atom. The first-order chi connectivity index (χ1) is 8.08. The van der Waals surface area contributed by atoms with E-state index in [-0.39, 0.29) is 5.69 Å². The van der Waals surface area contributed by atoms with Crippen molar-refractivity contribution in [3.8, 4) is 0 Å². The number of nitrogens with one attached hydrogen (secondary N) is 1. The number of hydrogen-bond donors (Lipinski definition) is 2. The maximum atomic E-state index is 10.9. The van der Waals surface area contributed by atoms with Crippen LogP contribution in [-0.4, -0.2) is 22.1 Å². The number of carboxylic acid groups (broad SMARTS) is 1. The molecule has 0 aliphatic heterocycles. The molecule has 0 amide bonds. The maximum absolute atomic E-state index is 10.9. The number of carbonyl (C=O) groups is 1. The average molecular weight is 254 g/mol. The van der Waals surface area contributed by atoms with Crippen LogP contribution >= 0.6 is 11.3 Å². The Morgan fingerprint density at radius 2 is 2.18 bits per heavy atom. The normalized spacial score (nSPS) is 24.6. The Kier molecular flexibility index (Phi) is 3.66. The van der Waals surface area contributed by atoms with Crippen molar-refractivity contribution in [1.82, 2.24) is 4.98 Å². The topological polar surface area (TPSA) is 62.2 Å². The summed E-state index contributed by atoms with van der Waals surface area (Å²) in [5.74, 6) is -0.301. The van der Waals surface area contributed by atoms with Gasteiger partial charge in [-0.05, 0) is 25.7 Å². The Balaban J connectivity index is 2.07. The van der Waals surface area contributed by atoms with Gasteiger partial charge in [0.05, 0.1) is 0 Å². The van der Waals surface area contributed by atoms with Crippen molar-refractivity contribution < 1.29 is 9.90 Å². The number of anilines is 1. The summed E-state index contributed by atoms with van der Waals surface area (Å²) in [7, 11) is 0. The quantitative estimate of drug-likeness (QED) is 0.870. The molecule has 2 rings (SSSR count). The fraction of sp³-hybridized carbons (Fsp3) is 0.667. The van der Waals surface area contributed by atoms with E-state index < -0.39 is 5.97 Å². The smallest absolute Gasteiger partial charge is 0.355 e. The molecule has 4 nitrogen and oxygen atoms in total. The Hall–Kier alpha value is -1.10. The molecule has 0 saturated heterocycles. The van der Waals surface area contributed by atoms with Crippen LogP contribution in [0.4, 0.5) is 5.13 Å². The Bertz CT molecular complexity index is 417. The van der Waals surface area contributed by atoms with Gasteiger partial charge in [0.15, 0.2) is 10.8 Å². The SMILES string of the molecule is Cc1sc(NC2CCCCC2C)nc1C(=O)O. The second-order valence-electron chi connectivity index (χ2n) is 4.74. The van der Waals surface area contributed by atoms with E-state index in [0.717, 1.165) is 16.4 Å². The van der Waals surface area contributed by atoms with Crippen molar-refractivity contribution in [2.24, 2.45) is 5.92 Å². The van der Waals surface area contributed by atoms with Crippen molar-refractivity contribution in [2.75, 3.05) is 5.32 Å². The molecule has 2 N–H and O–H groups in total. The van der Waals surface area contributed by atoms with Crippen LogP contribution in [0.15, 0.2) is 0 Å². The minimum Gasteiger partial charge on any atom is -0.476 e. The lowest BCUT2D eigenvalue weighted by Crippen LogP contribution is -2.30. The third-order valence-electron chi connectivity index (χ3n) is 3.42. The van der Waals surface area contributed by atoms with Gasteiger partial charge in [-0.2, -0.15) is 0 Å². The number of hydrogen-bond acceptors (Lipinski definition) is 4. The van der Waals surface area contributed by atoms with Crippen molar-refractivity contribution in [3.05, 3.63) is 10.6 Å². The van der Waals surface area contributed by atoms with Crippen LogP contribution in [0.3, 0.4) is 0 Å². The van der Waals surface area contributed by atoms with Gasteiger partial charge in [0.2, 0.25) is 0 Å². The summed E-state index contributed by atoms with van der Waals surface area (Å²) in [6.07, 6.45) is 4.95. The van der Waals surface area contributed by atoms with Crippen molar-refractivity contribution in [3.63, 3.8) is 0 Å². The van der Waals surface area contributed by atoms with E-state index in [1.807, 2.05) is 0 Å². The predicted octanol–water partition coefficient (Wildman–Crippen LogP) is 3.14. The molecular weight excluding hydrogens is 236 g/mol. The third kappa shape index (κ3) is 2.77. The number of carboxylic acids is 1. The molecule has 0 radical (unpaired) electrons. The molecule has 1 fully saturated rings. The van der Waals surface area contributed by atoms with Gasteiger partial charge < -0.3 is 10.4 Å². The van der Waals surface area contributed by atoms with Crippen LogP contribution in [0.2, 0.25) is 0 Å². The molecule has 0 bridgehead atoms. The lowest BCUT2D eigenvalue weighted by atomic mass is 9.86. The highest BCUT2D eigenvalue weighted by Gasteiger charge is 2.23. The lowest BCUT2D eigenvalue weighted by molar-refractivity contribution is 0.0690. The van der Waals surface area contributed by atoms with Crippen LogP contribution in [0.1, 0.15) is 48.0 Å². The molecular formula is C12H18N2O2S. The first kappa shape index (κ1) is 12.4. The lowest BCUT2D eigenvalue weighted by Gasteiger charge is -2.29. The summed E-state index contributed by atoms with van der Waals surface area (Å²) in [5.41, 5.74) is 0.181. The van der Waals surface area contributed by atoms with Crippen molar-refractivity contribution >= 4 is 22.4 Å². The minimum absolute atomic E-state index is 0.181. The van der Waals surface area contributed by atoms with Gasteiger partial charge >= 0.3 is 5.97 Å². The summed E-state index contributed by atoms with van der Waals surface area (Å²) < 4.78 is 0. The third-order valence-corrected chi connectivity index (χ3v) is 4.32. The fourth-order valence-electron chi connectivity index (χ4n) is 2.35. The van der Waals surface area contributed by atoms with Gasteiger partial charge in [-0.3, -0.25) is 0 Å². The second kappa shape index (κ2) is 5.04. The number of aryl methyl sites for hydroxylation is 1. The maximum Gasteiger partial charge on any atom is 0.355 e. The van der Waals surface area contributed by atoms with E-state index in [4.69, 9.17) is 5.11 Å². The zero-order chi connectivity index (χ0) is 12.4. The van der Waals surface area contributed by atoms with Gasteiger partial charge in [0.25, 0.3) is 0 Å². The first-order valence-corrected chi connectivity index (χ1v) is 6.87. The van der Waals surface area contributed by atoms with E-state index >= 15 is 0 Å². The van der Waals surface area contributed by atoms with Crippen LogP contribution < -0.4 is 5.32 Å². The molecule has 1 aliphatic carbocycles. The molecule has 1 heterocycles. The first-order valence-electron chi connectivity index (χ1n) is 6.05. The summed E-state index contributed by atoms with van der Waals surface area (Å²) in [6, 6.07) is 0.441. The molecule has 17 heavy (non-hydrogen) atoms. The highest BCUT2D eigenvalue weighted by atomic mass is 32.1. The highest BCUT2D eigenvalue weighted by Crippen LogP contribution is 2.29. The second-order valence-corrected chi connectivity index (χ2v) is 5.94. The number of aromatic nitrogens is 1. The van der Waals surface area contributed by atoms with Gasteiger partial charge in [-0.25, -0.2) is 9.78 Å². The monoisotopic (exact) mass is 254 g/mol. The van der Waals surface area contributed by atoms with Crippen LogP contribution in [0.5, 0.6) is 0 Å². The summed E-state index contributed by atoms with van der Waals surface area (Å²) >= 11 is 1.44. The predicted molar refractivity (Wildman–Crippen MR) is 68.9 cm³/mol. The molecule has 0 spiro atoms. The highest BCUT2D eigenvalue weighted by molar-refractivity contribution is 7.15. The van der Waals surface area contributed by atoms with Gasteiger partial charge in [-0.1, -0.05) is 19.8 Å². The summed E-state index contributed by atoms with van der Waals surface area (Å²) in [5, 5.41) is 13.1. The minimum atomic E-state index is -0.941. The van der Waals surface area contributed by atoms with Crippen LogP contribution in [0.25, 0.3) is 0 Å². The fourth-order valence-corrected chi connectivity index (χ4v) is 3.21. The van der Waals surface area contributed by atoms with Crippen LogP contribution in [0, 0.1) is 12.8 Å². The van der Waals surface area contributed by atoms with Crippen LogP contribution in [-0.2, 0) is 0 Å². The number of thiazole rings is 1. The molecule has 94 valence electrons. The molecule has 2 atom stereocenters. The van der Waals surface area contributed by atoms with E-state index in [1.165, 1.54) is 30.6 Å². The molecule has 2 unspecified atom stereocenters. The Labute approximate surface area is 105 Å². The molecule has 0 aromatic carbocycles. The molecule has 1 aromatic heterocycles. The number of rotatable bonds is 3. The van der Waals surface area contributed by atoms with Crippen molar-refractivity contribution in [2.45, 2.75) is 45.6 Å². The van der Waals surface area contributed by atoms with E-state index in [2.05, 4.69) is 17.2 Å².